The van der Waals surface area contributed by atoms with Crippen molar-refractivity contribution in [2.45, 2.75) is 50.6 Å². The first kappa shape index (κ1) is 20.9. The summed E-state index contributed by atoms with van der Waals surface area (Å²) in [5.41, 5.74) is 2.86. The molecule has 1 fully saturated rings. The number of amides is 1. The number of ether oxygens (including phenoxy) is 2. The molecule has 0 atom stereocenters. The fraction of sp³-hybridized carbons (Fsp3) is 0.667. The van der Waals surface area contributed by atoms with Gasteiger partial charge in [0.25, 0.3) is 0 Å². The van der Waals surface area contributed by atoms with Gasteiger partial charge in [0, 0.05) is 18.7 Å². The molecule has 0 aromatic heterocycles. The van der Waals surface area contributed by atoms with Crippen molar-refractivity contribution in [1.82, 2.24) is 10.2 Å². The number of carbonyl (C=O) groups is 1. The van der Waals surface area contributed by atoms with Crippen molar-refractivity contribution < 1.29 is 14.3 Å². The Kier molecular flexibility index (Phi) is 8.07. The Hall–Kier alpha value is -1.43. The van der Waals surface area contributed by atoms with Crippen LogP contribution in [0, 0.1) is 6.92 Å². The maximum absolute atomic E-state index is 12.0. The second-order valence-electron chi connectivity index (χ2n) is 7.67. The first-order valence-corrected chi connectivity index (χ1v) is 9.54. The number of nitrogens with one attached hydrogen (secondary N) is 1. The van der Waals surface area contributed by atoms with Crippen molar-refractivity contribution >= 4 is 5.91 Å². The molecule has 146 valence electrons. The van der Waals surface area contributed by atoms with Gasteiger partial charge in [-0.25, -0.2) is 0 Å². The molecule has 0 radical (unpaired) electrons. The molecular formula is C21H34N2O3. The molecule has 2 rings (SSSR count). The van der Waals surface area contributed by atoms with E-state index in [0.717, 1.165) is 32.1 Å². The van der Waals surface area contributed by atoms with Gasteiger partial charge in [-0.1, -0.05) is 29.8 Å². The fourth-order valence-corrected chi connectivity index (χ4v) is 3.74. The smallest absolute Gasteiger partial charge is 0.246 e. The summed E-state index contributed by atoms with van der Waals surface area (Å²) < 4.78 is 10.2. The molecule has 1 saturated carbocycles. The van der Waals surface area contributed by atoms with E-state index in [0.29, 0.717) is 13.2 Å². The molecule has 1 aliphatic rings. The SMILES string of the molecule is COCCOCC(=O)NC1CCC(Cc2ccc(C)cc2)(N(C)C)CC1. The average molecular weight is 363 g/mol. The Morgan fingerprint density at radius 1 is 1.19 bits per heavy atom. The molecule has 5 nitrogen and oxygen atoms in total. The van der Waals surface area contributed by atoms with Gasteiger partial charge in [0.15, 0.2) is 0 Å². The number of benzene rings is 1. The lowest BCUT2D eigenvalue weighted by Crippen LogP contribution is -2.52. The largest absolute Gasteiger partial charge is 0.382 e. The standard InChI is InChI=1S/C21H34N2O3/c1-17-5-7-18(8-6-17)15-21(23(2)3)11-9-19(10-12-21)22-20(24)16-26-14-13-25-4/h5-8,19H,9-16H2,1-4H3,(H,22,24). The molecular weight excluding hydrogens is 328 g/mol. The number of hydrogen-bond acceptors (Lipinski definition) is 4. The molecule has 1 amide bonds. The Labute approximate surface area is 158 Å². The third-order valence-corrected chi connectivity index (χ3v) is 5.55. The van der Waals surface area contributed by atoms with Gasteiger partial charge in [0.05, 0.1) is 13.2 Å². The van der Waals surface area contributed by atoms with Gasteiger partial charge in [-0.15, -0.1) is 0 Å². The van der Waals surface area contributed by atoms with Gasteiger partial charge in [-0.3, -0.25) is 4.79 Å². The number of hydrogen-bond donors (Lipinski definition) is 1. The molecule has 0 saturated heterocycles. The van der Waals surface area contributed by atoms with Gasteiger partial charge >= 0.3 is 0 Å². The molecule has 1 aliphatic carbocycles. The minimum Gasteiger partial charge on any atom is -0.382 e. The number of likely N-dealkylation sites (N-methyl/N-ethyl adjacent to an activating group) is 1. The Balaban J connectivity index is 1.84. The van der Waals surface area contributed by atoms with Crippen LogP contribution in [0.3, 0.4) is 0 Å². The zero-order valence-corrected chi connectivity index (χ0v) is 16.7. The summed E-state index contributed by atoms with van der Waals surface area (Å²) in [6, 6.07) is 9.11. The van der Waals surface area contributed by atoms with E-state index in [1.807, 2.05) is 0 Å². The van der Waals surface area contributed by atoms with Crippen LogP contribution in [0.5, 0.6) is 0 Å². The minimum absolute atomic E-state index is 0.0259. The summed E-state index contributed by atoms with van der Waals surface area (Å²) in [6.07, 6.45) is 5.25. The molecule has 0 spiro atoms. The molecule has 1 aromatic carbocycles. The minimum atomic E-state index is -0.0259. The van der Waals surface area contributed by atoms with Crippen LogP contribution in [0.4, 0.5) is 0 Å². The predicted molar refractivity (Wildman–Crippen MR) is 104 cm³/mol. The van der Waals surface area contributed by atoms with Gasteiger partial charge in [-0.05, 0) is 58.7 Å². The van der Waals surface area contributed by atoms with Crippen molar-refractivity contribution in [2.75, 3.05) is 41.0 Å². The van der Waals surface area contributed by atoms with E-state index in [2.05, 4.69) is 55.5 Å². The monoisotopic (exact) mass is 362 g/mol. The van der Waals surface area contributed by atoms with Crippen LogP contribution in [0.25, 0.3) is 0 Å². The zero-order chi connectivity index (χ0) is 19.0. The molecule has 0 heterocycles. The second-order valence-corrected chi connectivity index (χ2v) is 7.67. The van der Waals surface area contributed by atoms with Crippen LogP contribution >= 0.6 is 0 Å². The van der Waals surface area contributed by atoms with Crippen LogP contribution in [0.1, 0.15) is 36.8 Å². The van der Waals surface area contributed by atoms with Gasteiger partial charge in [0.2, 0.25) is 5.91 Å². The van der Waals surface area contributed by atoms with E-state index in [9.17, 15) is 4.79 Å². The summed E-state index contributed by atoms with van der Waals surface area (Å²) in [7, 11) is 5.98. The van der Waals surface area contributed by atoms with E-state index in [1.165, 1.54) is 11.1 Å². The van der Waals surface area contributed by atoms with Crippen molar-refractivity contribution in [3.63, 3.8) is 0 Å². The topological polar surface area (TPSA) is 50.8 Å². The summed E-state index contributed by atoms with van der Waals surface area (Å²) >= 11 is 0. The maximum atomic E-state index is 12.0. The third-order valence-electron chi connectivity index (χ3n) is 5.55. The van der Waals surface area contributed by atoms with Crippen molar-refractivity contribution in [1.29, 1.82) is 0 Å². The van der Waals surface area contributed by atoms with Crippen molar-refractivity contribution in [3.8, 4) is 0 Å². The van der Waals surface area contributed by atoms with Crippen molar-refractivity contribution in [3.05, 3.63) is 35.4 Å². The fourth-order valence-electron chi connectivity index (χ4n) is 3.74. The quantitative estimate of drug-likeness (QED) is 0.686. The first-order valence-electron chi connectivity index (χ1n) is 9.54. The summed E-state index contributed by atoms with van der Waals surface area (Å²) in [5, 5.41) is 3.12. The Bertz CT molecular complexity index is 549. The van der Waals surface area contributed by atoms with E-state index in [4.69, 9.17) is 9.47 Å². The maximum Gasteiger partial charge on any atom is 0.246 e. The van der Waals surface area contributed by atoms with E-state index in [1.54, 1.807) is 7.11 Å². The molecule has 0 bridgehead atoms. The second kappa shape index (κ2) is 10.0. The lowest BCUT2D eigenvalue weighted by Gasteiger charge is -2.45. The third kappa shape index (κ3) is 6.08. The number of aryl methyl sites for hydroxylation is 1. The average Bonchev–Trinajstić information content (AvgIpc) is 2.62. The highest BCUT2D eigenvalue weighted by Crippen LogP contribution is 2.35. The van der Waals surface area contributed by atoms with E-state index < -0.39 is 0 Å². The summed E-state index contributed by atoms with van der Waals surface area (Å²) in [5.74, 6) is -0.0259. The number of methoxy groups -OCH3 is 1. The summed E-state index contributed by atoms with van der Waals surface area (Å²) in [6.45, 7) is 3.20. The summed E-state index contributed by atoms with van der Waals surface area (Å²) in [4.78, 5) is 14.4. The molecule has 1 aromatic rings. The molecule has 5 heteroatoms. The van der Waals surface area contributed by atoms with Gasteiger partial charge < -0.3 is 19.7 Å². The molecule has 0 aliphatic heterocycles. The van der Waals surface area contributed by atoms with Gasteiger partial charge in [-0.2, -0.15) is 0 Å². The Morgan fingerprint density at radius 2 is 1.85 bits per heavy atom. The highest BCUT2D eigenvalue weighted by Gasteiger charge is 2.37. The van der Waals surface area contributed by atoms with Crippen LogP contribution in [0.15, 0.2) is 24.3 Å². The number of carbonyl (C=O) groups excluding carboxylic acids is 1. The Morgan fingerprint density at radius 3 is 2.42 bits per heavy atom. The lowest BCUT2D eigenvalue weighted by atomic mass is 9.74. The highest BCUT2D eigenvalue weighted by atomic mass is 16.5. The van der Waals surface area contributed by atoms with Crippen LogP contribution in [-0.2, 0) is 20.7 Å². The van der Waals surface area contributed by atoms with E-state index in [-0.39, 0.29) is 24.1 Å². The highest BCUT2D eigenvalue weighted by molar-refractivity contribution is 5.77. The lowest BCUT2D eigenvalue weighted by molar-refractivity contribution is -0.127. The number of rotatable bonds is 9. The zero-order valence-electron chi connectivity index (χ0n) is 16.7. The van der Waals surface area contributed by atoms with Gasteiger partial charge in [0.1, 0.15) is 6.61 Å². The van der Waals surface area contributed by atoms with E-state index >= 15 is 0 Å². The first-order chi connectivity index (χ1) is 12.4. The molecule has 26 heavy (non-hydrogen) atoms. The predicted octanol–water partition coefficient (Wildman–Crippen LogP) is 2.56. The number of nitrogens with zero attached hydrogens (tertiary/aromatic N) is 1. The molecule has 0 unspecified atom stereocenters. The normalized spacial score (nSPS) is 23.2. The van der Waals surface area contributed by atoms with Crippen molar-refractivity contribution in [2.24, 2.45) is 0 Å². The van der Waals surface area contributed by atoms with Crippen LogP contribution < -0.4 is 5.32 Å². The molecule has 1 N–H and O–H groups in total. The van der Waals surface area contributed by atoms with Crippen LogP contribution in [-0.4, -0.2) is 63.4 Å². The van der Waals surface area contributed by atoms with Crippen LogP contribution in [0.2, 0.25) is 0 Å².